The Hall–Kier alpha value is -3.30. The molecule has 0 unspecified atom stereocenters. The number of anilines is 1. The molecule has 0 spiro atoms. The van der Waals surface area contributed by atoms with E-state index in [0.29, 0.717) is 0 Å². The first-order chi connectivity index (χ1) is 10.6. The average molecular weight is 303 g/mol. The number of nitrogens with one attached hydrogen (secondary N) is 4. The first-order valence-corrected chi connectivity index (χ1v) is 6.25. The maximum Gasteiger partial charge on any atom is 0.342 e. The average Bonchev–Trinajstić information content (AvgIpc) is 2.51. The molecule has 0 radical (unpaired) electrons. The predicted molar refractivity (Wildman–Crippen MR) is 78.5 cm³/mol. The van der Waals surface area contributed by atoms with Gasteiger partial charge in [0.1, 0.15) is 6.04 Å². The van der Waals surface area contributed by atoms with E-state index in [1.807, 2.05) is 4.98 Å². The number of hydrogen-bond donors (Lipinski definition) is 4. The highest BCUT2D eigenvalue weighted by Crippen LogP contribution is 1.94. The molecule has 0 aliphatic carbocycles. The molecule has 4 N–H and O–H groups in total. The number of H-pyrrole nitrogens is 2. The van der Waals surface area contributed by atoms with Crippen LogP contribution in [0, 0.1) is 0 Å². The van der Waals surface area contributed by atoms with E-state index in [2.05, 4.69) is 31.0 Å². The van der Waals surface area contributed by atoms with E-state index in [-0.39, 0.29) is 5.82 Å². The monoisotopic (exact) mass is 303 g/mol. The number of carbonyl (C=O) groups excluding carboxylic acids is 1. The molecule has 1 amide bonds. The molecular weight excluding hydrogens is 290 g/mol. The molecule has 0 aromatic carbocycles. The predicted octanol–water partition coefficient (Wildman–Crippen LogP) is -1.20. The normalized spacial score (nSPS) is 12.0. The van der Waals surface area contributed by atoms with Crippen molar-refractivity contribution in [1.29, 1.82) is 0 Å². The zero-order chi connectivity index (χ0) is 15.9. The van der Waals surface area contributed by atoms with Crippen molar-refractivity contribution in [1.82, 2.24) is 25.6 Å². The third-order valence-corrected chi connectivity index (χ3v) is 2.55. The molecule has 10 heteroatoms. The SMILES string of the molecule is C[C@@H](Nc1n[nH]c(=O)[nH]c1=O)C(=O)NN=Cc1ccncc1. The van der Waals surface area contributed by atoms with Gasteiger partial charge >= 0.3 is 5.69 Å². The van der Waals surface area contributed by atoms with Gasteiger partial charge in [-0.15, -0.1) is 5.10 Å². The van der Waals surface area contributed by atoms with Crippen LogP contribution in [0.25, 0.3) is 0 Å². The summed E-state index contributed by atoms with van der Waals surface area (Å²) in [6.07, 6.45) is 4.65. The second kappa shape index (κ2) is 6.92. The van der Waals surface area contributed by atoms with Gasteiger partial charge in [-0.05, 0) is 24.6 Å². The highest BCUT2D eigenvalue weighted by Gasteiger charge is 2.14. The van der Waals surface area contributed by atoms with Crippen molar-refractivity contribution in [2.24, 2.45) is 5.10 Å². The molecule has 0 fully saturated rings. The number of rotatable bonds is 5. The zero-order valence-electron chi connectivity index (χ0n) is 11.5. The summed E-state index contributed by atoms with van der Waals surface area (Å²) in [6, 6.07) is 2.66. The van der Waals surface area contributed by atoms with E-state index in [4.69, 9.17) is 0 Å². The summed E-state index contributed by atoms with van der Waals surface area (Å²) in [5.41, 5.74) is 1.64. The fraction of sp³-hybridized carbons (Fsp3) is 0.167. The van der Waals surface area contributed by atoms with E-state index < -0.39 is 23.2 Å². The smallest absolute Gasteiger partial charge is 0.342 e. The molecule has 114 valence electrons. The van der Waals surface area contributed by atoms with Crippen molar-refractivity contribution in [2.75, 3.05) is 5.32 Å². The molecule has 2 rings (SSSR count). The van der Waals surface area contributed by atoms with E-state index >= 15 is 0 Å². The van der Waals surface area contributed by atoms with Gasteiger partial charge in [0.15, 0.2) is 0 Å². The van der Waals surface area contributed by atoms with Crippen molar-refractivity contribution in [3.8, 4) is 0 Å². The number of nitrogens with zero attached hydrogens (tertiary/aromatic N) is 3. The fourth-order valence-corrected chi connectivity index (χ4v) is 1.43. The van der Waals surface area contributed by atoms with Crippen molar-refractivity contribution >= 4 is 17.9 Å². The molecule has 2 aromatic heterocycles. The lowest BCUT2D eigenvalue weighted by atomic mass is 10.3. The van der Waals surface area contributed by atoms with Gasteiger partial charge in [0.05, 0.1) is 6.21 Å². The second-order valence-corrected chi connectivity index (χ2v) is 4.24. The Morgan fingerprint density at radius 1 is 1.36 bits per heavy atom. The highest BCUT2D eigenvalue weighted by atomic mass is 16.2. The number of aromatic amines is 2. The van der Waals surface area contributed by atoms with Crippen LogP contribution in [-0.2, 0) is 4.79 Å². The minimum absolute atomic E-state index is 0.166. The molecule has 0 saturated carbocycles. The largest absolute Gasteiger partial charge is 0.353 e. The van der Waals surface area contributed by atoms with Crippen molar-refractivity contribution in [3.63, 3.8) is 0 Å². The third-order valence-electron chi connectivity index (χ3n) is 2.55. The summed E-state index contributed by atoms with van der Waals surface area (Å²) in [7, 11) is 0. The summed E-state index contributed by atoms with van der Waals surface area (Å²) in [6.45, 7) is 1.52. The molecule has 2 aromatic rings. The van der Waals surface area contributed by atoms with Crippen LogP contribution in [0.3, 0.4) is 0 Å². The highest BCUT2D eigenvalue weighted by molar-refractivity contribution is 5.86. The molecule has 10 nitrogen and oxygen atoms in total. The summed E-state index contributed by atoms with van der Waals surface area (Å²) in [5.74, 6) is -0.641. The number of pyridine rings is 1. The van der Waals surface area contributed by atoms with Crippen LogP contribution in [0.2, 0.25) is 0 Å². The maximum absolute atomic E-state index is 11.8. The third kappa shape index (κ3) is 4.10. The Balaban J connectivity index is 1.93. The maximum atomic E-state index is 11.8. The van der Waals surface area contributed by atoms with Crippen LogP contribution in [0.4, 0.5) is 5.82 Å². The van der Waals surface area contributed by atoms with Crippen LogP contribution in [0.1, 0.15) is 12.5 Å². The quantitative estimate of drug-likeness (QED) is 0.403. The number of aromatic nitrogens is 4. The minimum atomic E-state index is -0.783. The summed E-state index contributed by atoms with van der Waals surface area (Å²) in [5, 5.41) is 11.9. The molecule has 22 heavy (non-hydrogen) atoms. The molecular formula is C12H13N7O3. The summed E-state index contributed by atoms with van der Waals surface area (Å²) in [4.78, 5) is 39.9. The number of hydrazone groups is 1. The van der Waals surface area contributed by atoms with E-state index in [9.17, 15) is 14.4 Å². The minimum Gasteiger partial charge on any atom is -0.353 e. The van der Waals surface area contributed by atoms with Gasteiger partial charge in [0, 0.05) is 12.4 Å². The summed E-state index contributed by atoms with van der Waals surface area (Å²) < 4.78 is 0. The van der Waals surface area contributed by atoms with E-state index in [0.717, 1.165) is 5.56 Å². The lowest BCUT2D eigenvalue weighted by molar-refractivity contribution is -0.121. The molecule has 0 aliphatic heterocycles. The number of amides is 1. The van der Waals surface area contributed by atoms with Crippen LogP contribution in [-0.4, -0.2) is 38.3 Å². The van der Waals surface area contributed by atoms with Gasteiger partial charge in [-0.25, -0.2) is 15.3 Å². The number of hydrogen-bond acceptors (Lipinski definition) is 7. The van der Waals surface area contributed by atoms with Gasteiger partial charge in [0.25, 0.3) is 11.5 Å². The van der Waals surface area contributed by atoms with Gasteiger partial charge < -0.3 is 5.32 Å². The first-order valence-electron chi connectivity index (χ1n) is 6.25. The lowest BCUT2D eigenvalue weighted by Crippen LogP contribution is -2.38. The van der Waals surface area contributed by atoms with Gasteiger partial charge in [0.2, 0.25) is 5.82 Å². The van der Waals surface area contributed by atoms with Crippen LogP contribution in [0.5, 0.6) is 0 Å². The van der Waals surface area contributed by atoms with E-state index in [1.165, 1.54) is 13.1 Å². The Morgan fingerprint density at radius 2 is 2.09 bits per heavy atom. The van der Waals surface area contributed by atoms with Crippen LogP contribution < -0.4 is 22.0 Å². The van der Waals surface area contributed by atoms with Crippen molar-refractivity contribution in [2.45, 2.75) is 13.0 Å². The second-order valence-electron chi connectivity index (χ2n) is 4.24. The molecule has 0 bridgehead atoms. The fourth-order valence-electron chi connectivity index (χ4n) is 1.43. The Kier molecular flexibility index (Phi) is 4.75. The first kappa shape index (κ1) is 15.1. The Labute approximate surface area is 123 Å². The van der Waals surface area contributed by atoms with Gasteiger partial charge in [-0.3, -0.25) is 19.6 Å². The van der Waals surface area contributed by atoms with Crippen LogP contribution >= 0.6 is 0 Å². The lowest BCUT2D eigenvalue weighted by Gasteiger charge is -2.11. The van der Waals surface area contributed by atoms with E-state index in [1.54, 1.807) is 24.5 Å². The molecule has 2 heterocycles. The van der Waals surface area contributed by atoms with Gasteiger partial charge in [-0.1, -0.05) is 0 Å². The van der Waals surface area contributed by atoms with Crippen molar-refractivity contribution < 1.29 is 4.79 Å². The van der Waals surface area contributed by atoms with Gasteiger partial charge in [-0.2, -0.15) is 5.10 Å². The topological polar surface area (TPSA) is 145 Å². The Bertz CT molecular complexity index is 781. The molecule has 0 aliphatic rings. The van der Waals surface area contributed by atoms with Crippen molar-refractivity contribution in [3.05, 3.63) is 50.9 Å². The molecule has 0 saturated heterocycles. The standard InChI is InChI=1S/C12H13N7O3/c1-7(15-9-11(21)16-12(22)19-17-9)10(20)18-14-6-8-2-4-13-5-3-8/h2-7H,1H3,(H,15,17)(H,18,20)(H2,16,19,21,22)/t7-/m1/s1. The summed E-state index contributed by atoms with van der Waals surface area (Å²) >= 11 is 0. The molecule has 1 atom stereocenters. The van der Waals surface area contributed by atoms with Crippen LogP contribution in [0.15, 0.2) is 39.2 Å². The number of carbonyl (C=O) groups is 1. The zero-order valence-corrected chi connectivity index (χ0v) is 11.5. The Morgan fingerprint density at radius 3 is 2.77 bits per heavy atom.